The van der Waals surface area contributed by atoms with Gasteiger partial charge in [0.1, 0.15) is 6.04 Å². The van der Waals surface area contributed by atoms with E-state index in [0.29, 0.717) is 6.42 Å². The van der Waals surface area contributed by atoms with Gasteiger partial charge in [0.25, 0.3) is 0 Å². The van der Waals surface area contributed by atoms with E-state index in [1.165, 1.54) is 83.5 Å². The molecular formula is C21H42N2O2S. The first-order valence-corrected chi connectivity index (χ1v) is 11.4. The number of thiol groups is 1. The van der Waals surface area contributed by atoms with Gasteiger partial charge in [-0.3, -0.25) is 9.59 Å². The van der Waals surface area contributed by atoms with Crippen LogP contribution in [0.1, 0.15) is 110 Å². The van der Waals surface area contributed by atoms with Crippen LogP contribution in [0.25, 0.3) is 0 Å². The Morgan fingerprint density at radius 3 is 1.50 bits per heavy atom. The maximum Gasteiger partial charge on any atom is 0.240 e. The van der Waals surface area contributed by atoms with Crippen molar-refractivity contribution in [3.63, 3.8) is 0 Å². The highest BCUT2D eigenvalue weighted by molar-refractivity contribution is 7.80. The van der Waals surface area contributed by atoms with Crippen molar-refractivity contribution in [2.24, 2.45) is 5.73 Å². The van der Waals surface area contributed by atoms with Crippen molar-refractivity contribution in [3.05, 3.63) is 0 Å². The Labute approximate surface area is 166 Å². The number of nitrogens with one attached hydrogen (secondary N) is 1. The number of nitrogens with two attached hydrogens (primary N) is 1. The molecule has 0 aromatic carbocycles. The van der Waals surface area contributed by atoms with E-state index in [-0.39, 0.29) is 11.7 Å². The second-order valence-corrected chi connectivity index (χ2v) is 7.77. The van der Waals surface area contributed by atoms with Gasteiger partial charge in [0.2, 0.25) is 11.8 Å². The molecule has 0 rings (SSSR count). The Hall–Kier alpha value is -0.710. The predicted molar refractivity (Wildman–Crippen MR) is 115 cm³/mol. The first-order chi connectivity index (χ1) is 12.6. The van der Waals surface area contributed by atoms with E-state index in [2.05, 4.69) is 24.9 Å². The summed E-state index contributed by atoms with van der Waals surface area (Å²) in [6, 6.07) is -0.651. The first kappa shape index (κ1) is 25.3. The highest BCUT2D eigenvalue weighted by atomic mass is 32.1. The summed E-state index contributed by atoms with van der Waals surface area (Å²) in [6.45, 7) is 2.27. The van der Waals surface area contributed by atoms with Crippen LogP contribution in [0.2, 0.25) is 0 Å². The molecule has 5 heteroatoms. The Bertz CT molecular complexity index is 351. The van der Waals surface area contributed by atoms with Gasteiger partial charge in [-0.05, 0) is 6.42 Å². The van der Waals surface area contributed by atoms with E-state index in [0.717, 1.165) is 12.8 Å². The SMILES string of the molecule is CCCCCCCCCCCCCCCCCC(=O)N[C@@H](CS)C(N)=O. The molecule has 154 valence electrons. The third kappa shape index (κ3) is 16.7. The second kappa shape index (κ2) is 19.1. The summed E-state index contributed by atoms with van der Waals surface area (Å²) in [7, 11) is 0. The molecule has 0 aromatic heterocycles. The van der Waals surface area contributed by atoms with E-state index in [4.69, 9.17) is 5.73 Å². The zero-order valence-corrected chi connectivity index (χ0v) is 17.8. The molecule has 0 radical (unpaired) electrons. The minimum Gasteiger partial charge on any atom is -0.368 e. The van der Waals surface area contributed by atoms with Crippen LogP contribution < -0.4 is 11.1 Å². The summed E-state index contributed by atoms with van der Waals surface area (Å²) in [5, 5.41) is 2.63. The Morgan fingerprint density at radius 1 is 0.769 bits per heavy atom. The van der Waals surface area contributed by atoms with E-state index in [1.807, 2.05) is 0 Å². The molecule has 0 aliphatic carbocycles. The van der Waals surface area contributed by atoms with Crippen LogP contribution >= 0.6 is 12.6 Å². The lowest BCUT2D eigenvalue weighted by molar-refractivity contribution is -0.126. The van der Waals surface area contributed by atoms with Gasteiger partial charge in [-0.2, -0.15) is 12.6 Å². The molecular weight excluding hydrogens is 344 g/mol. The average Bonchev–Trinajstić information content (AvgIpc) is 2.62. The number of carbonyl (C=O) groups is 2. The van der Waals surface area contributed by atoms with Crippen LogP contribution in [0.5, 0.6) is 0 Å². The van der Waals surface area contributed by atoms with E-state index in [1.54, 1.807) is 0 Å². The average molecular weight is 387 g/mol. The van der Waals surface area contributed by atoms with Gasteiger partial charge in [0.15, 0.2) is 0 Å². The molecule has 1 atom stereocenters. The van der Waals surface area contributed by atoms with E-state index in [9.17, 15) is 9.59 Å². The van der Waals surface area contributed by atoms with Gasteiger partial charge in [0, 0.05) is 12.2 Å². The Balaban J connectivity index is 3.26. The van der Waals surface area contributed by atoms with Gasteiger partial charge in [-0.15, -0.1) is 0 Å². The largest absolute Gasteiger partial charge is 0.368 e. The number of unbranched alkanes of at least 4 members (excludes halogenated alkanes) is 14. The number of hydrogen-bond acceptors (Lipinski definition) is 3. The number of primary amides is 1. The van der Waals surface area contributed by atoms with Gasteiger partial charge in [0.05, 0.1) is 0 Å². The molecule has 0 aromatic rings. The lowest BCUT2D eigenvalue weighted by Crippen LogP contribution is -2.45. The summed E-state index contributed by atoms with van der Waals surface area (Å²) in [5.74, 6) is -0.373. The summed E-state index contributed by atoms with van der Waals surface area (Å²) in [5.41, 5.74) is 5.18. The fraction of sp³-hybridized carbons (Fsp3) is 0.905. The molecule has 0 spiro atoms. The van der Waals surface area contributed by atoms with Crippen LogP contribution in [-0.2, 0) is 9.59 Å². The molecule has 0 unspecified atom stereocenters. The Morgan fingerprint density at radius 2 is 1.15 bits per heavy atom. The number of rotatable bonds is 19. The van der Waals surface area contributed by atoms with Crippen LogP contribution in [0.4, 0.5) is 0 Å². The second-order valence-electron chi connectivity index (χ2n) is 7.40. The molecule has 4 nitrogen and oxygen atoms in total. The van der Waals surface area contributed by atoms with Crippen LogP contribution in [0, 0.1) is 0 Å². The maximum atomic E-state index is 11.7. The van der Waals surface area contributed by atoms with Crippen LogP contribution in [-0.4, -0.2) is 23.6 Å². The highest BCUT2D eigenvalue weighted by Crippen LogP contribution is 2.13. The molecule has 0 saturated heterocycles. The summed E-state index contributed by atoms with van der Waals surface area (Å²) in [6.07, 6.45) is 20.1. The number of hydrogen-bond donors (Lipinski definition) is 3. The normalized spacial score (nSPS) is 12.1. The first-order valence-electron chi connectivity index (χ1n) is 10.8. The molecule has 3 N–H and O–H groups in total. The monoisotopic (exact) mass is 386 g/mol. The zero-order chi connectivity index (χ0) is 19.5. The summed E-state index contributed by atoms with van der Waals surface area (Å²) in [4.78, 5) is 22.7. The molecule has 2 amide bonds. The van der Waals surface area contributed by atoms with Crippen molar-refractivity contribution in [3.8, 4) is 0 Å². The number of carbonyl (C=O) groups excluding carboxylic acids is 2. The van der Waals surface area contributed by atoms with Crippen molar-refractivity contribution in [2.45, 2.75) is 116 Å². The lowest BCUT2D eigenvalue weighted by atomic mass is 10.0. The molecule has 0 bridgehead atoms. The highest BCUT2D eigenvalue weighted by Gasteiger charge is 2.15. The zero-order valence-electron chi connectivity index (χ0n) is 16.9. The summed E-state index contributed by atoms with van der Waals surface area (Å²) < 4.78 is 0. The van der Waals surface area contributed by atoms with Crippen molar-refractivity contribution in [1.29, 1.82) is 0 Å². The fourth-order valence-corrected chi connectivity index (χ4v) is 3.40. The van der Waals surface area contributed by atoms with Gasteiger partial charge in [-0.1, -0.05) is 96.8 Å². The minimum absolute atomic E-state index is 0.0995. The fourth-order valence-electron chi connectivity index (χ4n) is 3.13. The maximum absolute atomic E-state index is 11.7. The standard InChI is InChI=1S/C21H42N2O2S/c1-2-3-4-5-6-7-8-9-10-11-12-13-14-15-16-17-20(24)23-19(18-26)21(22)25/h19,26H,2-18H2,1H3,(H2,22,25)(H,23,24)/t19-/m0/s1. The van der Waals surface area contributed by atoms with Crippen LogP contribution in [0.3, 0.4) is 0 Å². The van der Waals surface area contributed by atoms with Crippen molar-refractivity contribution in [2.75, 3.05) is 5.75 Å². The molecule has 26 heavy (non-hydrogen) atoms. The van der Waals surface area contributed by atoms with Gasteiger partial charge >= 0.3 is 0 Å². The van der Waals surface area contributed by atoms with Crippen molar-refractivity contribution in [1.82, 2.24) is 5.32 Å². The molecule has 0 fully saturated rings. The van der Waals surface area contributed by atoms with Crippen molar-refractivity contribution < 1.29 is 9.59 Å². The predicted octanol–water partition coefficient (Wildman–Crippen LogP) is 5.15. The molecule has 0 aliphatic heterocycles. The van der Waals surface area contributed by atoms with Gasteiger partial charge in [-0.25, -0.2) is 0 Å². The lowest BCUT2D eigenvalue weighted by Gasteiger charge is -2.12. The van der Waals surface area contributed by atoms with E-state index >= 15 is 0 Å². The Kier molecular flexibility index (Phi) is 18.5. The van der Waals surface area contributed by atoms with E-state index < -0.39 is 11.9 Å². The third-order valence-corrected chi connectivity index (χ3v) is 5.23. The topological polar surface area (TPSA) is 72.2 Å². The smallest absolute Gasteiger partial charge is 0.240 e. The minimum atomic E-state index is -0.651. The third-order valence-electron chi connectivity index (χ3n) is 4.87. The van der Waals surface area contributed by atoms with Crippen molar-refractivity contribution >= 4 is 24.4 Å². The number of amides is 2. The molecule has 0 aliphatic rings. The molecule has 0 saturated carbocycles. The summed E-state index contributed by atoms with van der Waals surface area (Å²) >= 11 is 4.01. The quantitative estimate of drug-likeness (QED) is 0.212. The molecule has 0 heterocycles. The van der Waals surface area contributed by atoms with Gasteiger partial charge < -0.3 is 11.1 Å². The van der Waals surface area contributed by atoms with Crippen LogP contribution in [0.15, 0.2) is 0 Å².